The summed E-state index contributed by atoms with van der Waals surface area (Å²) in [5.74, 6) is -1.93. The second-order valence-electron chi connectivity index (χ2n) is 9.81. The molecule has 5 atom stereocenters. The average molecular weight is 608 g/mol. The number of amides is 1. The highest BCUT2D eigenvalue weighted by atomic mass is 31.1. The van der Waals surface area contributed by atoms with Crippen LogP contribution >= 0.6 is 7.92 Å². The van der Waals surface area contributed by atoms with Crippen LogP contribution in [0.25, 0.3) is 0 Å². The lowest BCUT2D eigenvalue weighted by Gasteiger charge is -2.45. The molecule has 4 rings (SSSR count). The van der Waals surface area contributed by atoms with E-state index in [-0.39, 0.29) is 6.61 Å². The van der Waals surface area contributed by atoms with E-state index in [2.05, 4.69) is 29.6 Å². The van der Waals surface area contributed by atoms with Crippen LogP contribution in [0.2, 0.25) is 0 Å². The first kappa shape index (κ1) is 31.7. The minimum absolute atomic E-state index is 0.319. The summed E-state index contributed by atoms with van der Waals surface area (Å²) in [6, 6.07) is 26.5. The summed E-state index contributed by atoms with van der Waals surface area (Å²) >= 11 is 0. The highest BCUT2D eigenvalue weighted by Gasteiger charge is 2.52. The summed E-state index contributed by atoms with van der Waals surface area (Å²) in [6.07, 6.45) is -4.74. The first-order chi connectivity index (χ1) is 20.6. The molecular weight excluding hydrogens is 573 g/mol. The van der Waals surface area contributed by atoms with Crippen LogP contribution in [0.1, 0.15) is 27.7 Å². The lowest BCUT2D eigenvalue weighted by Crippen LogP contribution is -2.67. The second-order valence-corrected chi connectivity index (χ2v) is 12.0. The molecule has 11 heteroatoms. The van der Waals surface area contributed by atoms with Crippen molar-refractivity contribution < 1.29 is 42.9 Å². The Labute approximate surface area is 251 Å². The van der Waals surface area contributed by atoms with E-state index in [9.17, 15) is 19.2 Å². The third kappa shape index (κ3) is 8.40. The number of hydrogen-bond donors (Lipinski definition) is 1. The van der Waals surface area contributed by atoms with E-state index in [0.29, 0.717) is 5.75 Å². The SMILES string of the molecule is CC(=O)N[C@H]1[C@H](Oc2ccccc2P(c2ccccc2)c2ccccc2)O[C@H](COC(C)=O)[C@@H](OC(C)=O)[C@@H]1OC(C)=O. The first-order valence-corrected chi connectivity index (χ1v) is 15.0. The van der Waals surface area contributed by atoms with Crippen molar-refractivity contribution in [2.75, 3.05) is 6.61 Å². The third-order valence-corrected chi connectivity index (χ3v) is 8.93. The molecule has 1 heterocycles. The van der Waals surface area contributed by atoms with Gasteiger partial charge < -0.3 is 29.0 Å². The highest BCUT2D eigenvalue weighted by Crippen LogP contribution is 2.37. The molecule has 0 radical (unpaired) electrons. The Morgan fingerprint density at radius 3 is 1.79 bits per heavy atom. The van der Waals surface area contributed by atoms with Crippen LogP contribution in [0, 0.1) is 0 Å². The summed E-state index contributed by atoms with van der Waals surface area (Å²) in [5, 5.41) is 5.80. The van der Waals surface area contributed by atoms with Gasteiger partial charge in [0.1, 0.15) is 24.5 Å². The molecule has 1 N–H and O–H groups in total. The monoisotopic (exact) mass is 607 g/mol. The van der Waals surface area contributed by atoms with Gasteiger partial charge in [-0.15, -0.1) is 0 Å². The summed E-state index contributed by atoms with van der Waals surface area (Å²) in [7, 11) is -1.09. The molecule has 1 aliphatic heterocycles. The zero-order chi connectivity index (χ0) is 30.9. The fraction of sp³-hybridized carbons (Fsp3) is 0.312. The summed E-state index contributed by atoms with van der Waals surface area (Å²) < 4.78 is 29.1. The molecule has 0 bridgehead atoms. The van der Waals surface area contributed by atoms with Gasteiger partial charge in [-0.1, -0.05) is 78.9 Å². The van der Waals surface area contributed by atoms with Crippen molar-refractivity contribution in [1.29, 1.82) is 0 Å². The number of benzene rings is 3. The van der Waals surface area contributed by atoms with Gasteiger partial charge in [0.15, 0.2) is 12.2 Å². The maximum absolute atomic E-state index is 12.4. The minimum Gasteiger partial charge on any atom is -0.463 e. The van der Waals surface area contributed by atoms with E-state index in [4.69, 9.17) is 23.7 Å². The number of esters is 3. The van der Waals surface area contributed by atoms with E-state index in [1.54, 1.807) is 6.07 Å². The van der Waals surface area contributed by atoms with Gasteiger partial charge in [-0.25, -0.2) is 0 Å². The average Bonchev–Trinajstić information content (AvgIpc) is 2.96. The fourth-order valence-corrected chi connectivity index (χ4v) is 7.22. The first-order valence-electron chi connectivity index (χ1n) is 13.7. The molecule has 0 spiro atoms. The maximum Gasteiger partial charge on any atom is 0.303 e. The lowest BCUT2D eigenvalue weighted by molar-refractivity contribution is -0.257. The van der Waals surface area contributed by atoms with Crippen LogP contribution < -0.4 is 26.0 Å². The van der Waals surface area contributed by atoms with Crippen molar-refractivity contribution in [3.8, 4) is 5.75 Å². The third-order valence-electron chi connectivity index (χ3n) is 6.45. The molecule has 43 heavy (non-hydrogen) atoms. The Kier molecular flexibility index (Phi) is 10.9. The predicted molar refractivity (Wildman–Crippen MR) is 160 cm³/mol. The van der Waals surface area contributed by atoms with Gasteiger partial charge in [0.2, 0.25) is 12.2 Å². The van der Waals surface area contributed by atoms with Crippen molar-refractivity contribution in [2.45, 2.75) is 58.3 Å². The maximum atomic E-state index is 12.4. The van der Waals surface area contributed by atoms with Crippen LogP contribution in [0.3, 0.4) is 0 Å². The standard InChI is InChI=1S/C32H34NO9P/c1-20(34)33-29-31(40-23(4)37)30(39-22(3)36)27(19-38-21(2)35)42-32(29)41-26-17-11-12-18-28(26)43(24-13-7-5-8-14-24)25-15-9-6-10-16-25/h5-18,27,29-32H,19H2,1-4H3,(H,33,34)/t27-,29-,30-,31-,32-/m1/s1. The Hall–Kier alpha value is -4.27. The molecule has 0 aliphatic carbocycles. The normalized spacial score (nSPS) is 21.4. The molecule has 3 aromatic rings. The van der Waals surface area contributed by atoms with Gasteiger partial charge >= 0.3 is 17.9 Å². The summed E-state index contributed by atoms with van der Waals surface area (Å²) in [6.45, 7) is 4.60. The van der Waals surface area contributed by atoms with E-state index in [1.807, 2.05) is 54.6 Å². The highest BCUT2D eigenvalue weighted by molar-refractivity contribution is 7.80. The molecule has 0 unspecified atom stereocenters. The Morgan fingerprint density at radius 1 is 0.721 bits per heavy atom. The van der Waals surface area contributed by atoms with Gasteiger partial charge in [0, 0.05) is 33.0 Å². The molecular formula is C32H34NO9P. The number of rotatable bonds is 10. The molecule has 1 aliphatic rings. The van der Waals surface area contributed by atoms with Gasteiger partial charge in [0.05, 0.1) is 0 Å². The zero-order valence-electron chi connectivity index (χ0n) is 24.3. The molecule has 3 aromatic carbocycles. The smallest absolute Gasteiger partial charge is 0.303 e. The minimum atomic E-state index is -1.23. The largest absolute Gasteiger partial charge is 0.463 e. The van der Waals surface area contributed by atoms with Crippen LogP contribution in [0.4, 0.5) is 0 Å². The summed E-state index contributed by atoms with van der Waals surface area (Å²) in [4.78, 5) is 48.4. The Balaban J connectivity index is 1.79. The molecule has 0 saturated carbocycles. The van der Waals surface area contributed by atoms with Crippen LogP contribution in [-0.2, 0) is 38.1 Å². The Morgan fingerprint density at radius 2 is 1.26 bits per heavy atom. The van der Waals surface area contributed by atoms with E-state index in [0.717, 1.165) is 15.9 Å². The number of nitrogens with one attached hydrogen (secondary N) is 1. The lowest BCUT2D eigenvalue weighted by atomic mass is 9.96. The van der Waals surface area contributed by atoms with Gasteiger partial charge in [-0.2, -0.15) is 0 Å². The van der Waals surface area contributed by atoms with Crippen molar-refractivity contribution in [3.05, 3.63) is 84.9 Å². The number of hydrogen-bond acceptors (Lipinski definition) is 9. The molecule has 1 amide bonds. The van der Waals surface area contributed by atoms with Crippen molar-refractivity contribution in [3.63, 3.8) is 0 Å². The van der Waals surface area contributed by atoms with Gasteiger partial charge in [-0.3, -0.25) is 19.2 Å². The van der Waals surface area contributed by atoms with Crippen molar-refractivity contribution in [1.82, 2.24) is 5.32 Å². The molecule has 0 aromatic heterocycles. The zero-order valence-corrected chi connectivity index (χ0v) is 25.2. The number of carbonyl (C=O) groups excluding carboxylic acids is 4. The van der Waals surface area contributed by atoms with Crippen LogP contribution in [-0.4, -0.2) is 61.1 Å². The Bertz CT molecular complexity index is 1380. The number of ether oxygens (including phenoxy) is 5. The number of para-hydroxylation sites is 1. The fourth-order valence-electron chi connectivity index (χ4n) is 4.84. The van der Waals surface area contributed by atoms with Gasteiger partial charge in [0.25, 0.3) is 0 Å². The van der Waals surface area contributed by atoms with Crippen molar-refractivity contribution >= 4 is 47.7 Å². The van der Waals surface area contributed by atoms with E-state index < -0.39 is 62.4 Å². The topological polar surface area (TPSA) is 126 Å². The van der Waals surface area contributed by atoms with E-state index >= 15 is 0 Å². The van der Waals surface area contributed by atoms with Gasteiger partial charge in [-0.05, 0) is 24.6 Å². The molecule has 226 valence electrons. The van der Waals surface area contributed by atoms with Crippen LogP contribution in [0.5, 0.6) is 5.75 Å². The van der Waals surface area contributed by atoms with Crippen molar-refractivity contribution in [2.24, 2.45) is 0 Å². The number of carbonyl (C=O) groups is 4. The molecule has 1 fully saturated rings. The quantitative estimate of drug-likeness (QED) is 0.210. The molecule has 10 nitrogen and oxygen atoms in total. The van der Waals surface area contributed by atoms with Crippen LogP contribution in [0.15, 0.2) is 84.9 Å². The summed E-state index contributed by atoms with van der Waals surface area (Å²) in [5.41, 5.74) is 0. The van der Waals surface area contributed by atoms with E-state index in [1.165, 1.54) is 27.7 Å². The predicted octanol–water partition coefficient (Wildman–Crippen LogP) is 2.48. The second kappa shape index (κ2) is 14.8. The molecule has 1 saturated heterocycles.